The Morgan fingerprint density at radius 1 is 0.579 bits per heavy atom. The summed E-state index contributed by atoms with van der Waals surface area (Å²) >= 11 is -0.106. The van der Waals surface area contributed by atoms with Crippen LogP contribution in [0.3, 0.4) is 0 Å². The molecule has 1 aliphatic carbocycles. The molecular formula is C34H21NO2Se. The maximum atomic E-state index is 13.0. The molecule has 1 aromatic heterocycles. The van der Waals surface area contributed by atoms with Gasteiger partial charge < -0.3 is 0 Å². The van der Waals surface area contributed by atoms with E-state index in [1.165, 1.54) is 21.5 Å². The minimum absolute atomic E-state index is 0.106. The number of hydrogen-bond donors (Lipinski definition) is 0. The van der Waals surface area contributed by atoms with Crippen molar-refractivity contribution in [2.24, 2.45) is 0 Å². The van der Waals surface area contributed by atoms with Gasteiger partial charge in [-0.15, -0.1) is 0 Å². The van der Waals surface area contributed by atoms with Crippen molar-refractivity contribution in [1.82, 2.24) is 0 Å². The minimum atomic E-state index is -0.184. The van der Waals surface area contributed by atoms with Gasteiger partial charge in [0.05, 0.1) is 0 Å². The normalized spacial score (nSPS) is 12.8. The van der Waals surface area contributed by atoms with E-state index in [9.17, 15) is 9.59 Å². The van der Waals surface area contributed by atoms with Crippen molar-refractivity contribution < 1.29 is 9.59 Å². The summed E-state index contributed by atoms with van der Waals surface area (Å²) in [4.78, 5) is 28.3. The Labute approximate surface area is 226 Å². The average molecular weight is 555 g/mol. The number of nitrogens with zero attached hydrogens (tertiary/aromatic N) is 1. The standard InChI is InChI=1S/C34H21NO2Se/c36-33-28-16-8-9-17-29(28)34(37)30(33)21-24-18-19-32(38-24)35(23-11-2-1-3-12-23)31-20-22-10-4-5-13-25(22)26-14-6-7-15-27(26)31/h1-21H. The van der Waals surface area contributed by atoms with Gasteiger partial charge in [-0.2, -0.15) is 0 Å². The van der Waals surface area contributed by atoms with Crippen molar-refractivity contribution in [3.05, 3.63) is 142 Å². The summed E-state index contributed by atoms with van der Waals surface area (Å²) in [7, 11) is 0. The number of fused-ring (bicyclic) bond motifs is 4. The van der Waals surface area contributed by atoms with E-state index in [0.29, 0.717) is 11.1 Å². The number of ketones is 2. The maximum absolute atomic E-state index is 13.0. The third-order valence-electron chi connectivity index (χ3n) is 7.03. The van der Waals surface area contributed by atoms with Crippen molar-refractivity contribution in [2.75, 3.05) is 4.90 Å². The Bertz CT molecular complexity index is 1880. The Kier molecular flexibility index (Phi) is 5.44. The first-order chi connectivity index (χ1) is 18.7. The number of carbonyl (C=O) groups excluding carboxylic acids is 2. The number of rotatable bonds is 4. The zero-order chi connectivity index (χ0) is 25.6. The van der Waals surface area contributed by atoms with Gasteiger partial charge in [0, 0.05) is 0 Å². The summed E-state index contributed by atoms with van der Waals surface area (Å²) in [5, 5.41) is 4.80. The van der Waals surface area contributed by atoms with E-state index in [0.717, 1.165) is 20.4 Å². The molecule has 38 heavy (non-hydrogen) atoms. The number of allylic oxidation sites excluding steroid dienone is 1. The Balaban J connectivity index is 1.39. The molecule has 4 heteroatoms. The average Bonchev–Trinajstić information content (AvgIpc) is 3.52. The quantitative estimate of drug-likeness (QED) is 0.0960. The topological polar surface area (TPSA) is 37.4 Å². The summed E-state index contributed by atoms with van der Waals surface area (Å²) < 4.78 is 2.15. The molecule has 0 spiro atoms. The van der Waals surface area contributed by atoms with Crippen molar-refractivity contribution >= 4 is 69.6 Å². The van der Waals surface area contributed by atoms with Gasteiger partial charge in [0.15, 0.2) is 0 Å². The van der Waals surface area contributed by atoms with Crippen LogP contribution in [0.15, 0.2) is 127 Å². The van der Waals surface area contributed by atoms with Crippen LogP contribution < -0.4 is 4.90 Å². The first-order valence-electron chi connectivity index (χ1n) is 12.4. The second-order valence-corrected chi connectivity index (χ2v) is 11.6. The van der Waals surface area contributed by atoms with Crippen molar-refractivity contribution in [1.29, 1.82) is 0 Å². The molecule has 0 aliphatic heterocycles. The third kappa shape index (κ3) is 3.66. The second kappa shape index (κ2) is 9.11. The molecule has 0 amide bonds. The number of anilines is 3. The molecule has 0 unspecified atom stereocenters. The summed E-state index contributed by atoms with van der Waals surface area (Å²) in [6.45, 7) is 0. The summed E-state index contributed by atoms with van der Waals surface area (Å²) in [5.41, 5.74) is 3.44. The fourth-order valence-electron chi connectivity index (χ4n) is 5.27. The van der Waals surface area contributed by atoms with E-state index in [2.05, 4.69) is 89.8 Å². The Morgan fingerprint density at radius 3 is 1.92 bits per heavy atom. The molecule has 0 bridgehead atoms. The van der Waals surface area contributed by atoms with Crippen LogP contribution in [0.25, 0.3) is 27.6 Å². The fourth-order valence-corrected chi connectivity index (χ4v) is 7.33. The summed E-state index contributed by atoms with van der Waals surface area (Å²) in [6.07, 6.45) is 1.80. The van der Waals surface area contributed by atoms with Gasteiger partial charge in [-0.05, 0) is 0 Å². The molecule has 0 radical (unpaired) electrons. The molecule has 0 saturated heterocycles. The van der Waals surface area contributed by atoms with Crippen LogP contribution in [0.1, 0.15) is 25.2 Å². The predicted molar refractivity (Wildman–Crippen MR) is 156 cm³/mol. The molecule has 7 rings (SSSR count). The van der Waals surface area contributed by atoms with E-state index in [-0.39, 0.29) is 31.6 Å². The molecule has 0 atom stereocenters. The number of para-hydroxylation sites is 1. The Morgan fingerprint density at radius 2 is 1.18 bits per heavy atom. The predicted octanol–water partition coefficient (Wildman–Crippen LogP) is 7.98. The molecule has 1 heterocycles. The summed E-state index contributed by atoms with van der Waals surface area (Å²) in [5.74, 6) is -0.368. The van der Waals surface area contributed by atoms with E-state index in [4.69, 9.17) is 0 Å². The van der Waals surface area contributed by atoms with E-state index in [1.807, 2.05) is 12.1 Å². The second-order valence-electron chi connectivity index (χ2n) is 9.27. The van der Waals surface area contributed by atoms with Gasteiger partial charge in [-0.25, -0.2) is 0 Å². The molecule has 1 aliphatic rings. The van der Waals surface area contributed by atoms with E-state index in [1.54, 1.807) is 30.3 Å². The monoisotopic (exact) mass is 555 g/mol. The SMILES string of the molecule is O=C1C(=Cc2ccc(N(c3ccccc3)c3cc4ccccc4c4ccccc34)[se]2)C(=O)c2ccccc21. The first kappa shape index (κ1) is 22.7. The zero-order valence-electron chi connectivity index (χ0n) is 20.3. The van der Waals surface area contributed by atoms with Crippen LogP contribution in [0, 0.1) is 0 Å². The number of carbonyl (C=O) groups is 2. The van der Waals surface area contributed by atoms with Crippen molar-refractivity contribution in [3.8, 4) is 0 Å². The van der Waals surface area contributed by atoms with Crippen LogP contribution in [-0.4, -0.2) is 26.1 Å². The van der Waals surface area contributed by atoms with Gasteiger partial charge >= 0.3 is 227 Å². The summed E-state index contributed by atoms with van der Waals surface area (Å²) in [6, 6.07) is 40.9. The van der Waals surface area contributed by atoms with Gasteiger partial charge in [0.25, 0.3) is 0 Å². The molecule has 0 fully saturated rings. The fraction of sp³-hybridized carbons (Fsp3) is 0. The van der Waals surface area contributed by atoms with Crippen LogP contribution in [0.5, 0.6) is 0 Å². The van der Waals surface area contributed by atoms with Crippen molar-refractivity contribution in [3.63, 3.8) is 0 Å². The first-order valence-corrected chi connectivity index (χ1v) is 14.2. The molecule has 180 valence electrons. The van der Waals surface area contributed by atoms with Crippen molar-refractivity contribution in [2.45, 2.75) is 0 Å². The zero-order valence-corrected chi connectivity index (χ0v) is 22.0. The van der Waals surface area contributed by atoms with Crippen LogP contribution in [0.4, 0.5) is 15.9 Å². The van der Waals surface area contributed by atoms with Gasteiger partial charge in [0.2, 0.25) is 0 Å². The molecular weight excluding hydrogens is 533 g/mol. The van der Waals surface area contributed by atoms with Crippen LogP contribution in [0.2, 0.25) is 0 Å². The molecule has 3 nitrogen and oxygen atoms in total. The van der Waals surface area contributed by atoms with Crippen LogP contribution >= 0.6 is 0 Å². The number of hydrogen-bond acceptors (Lipinski definition) is 3. The van der Waals surface area contributed by atoms with Gasteiger partial charge in [0.1, 0.15) is 0 Å². The Hall–Kier alpha value is -4.50. The third-order valence-corrected chi connectivity index (χ3v) is 9.16. The molecule has 6 aromatic rings. The van der Waals surface area contributed by atoms with E-state index < -0.39 is 0 Å². The van der Waals surface area contributed by atoms with Gasteiger partial charge in [-0.1, -0.05) is 0 Å². The molecule has 5 aromatic carbocycles. The molecule has 0 saturated carbocycles. The van der Waals surface area contributed by atoms with Crippen LogP contribution in [-0.2, 0) is 0 Å². The number of Topliss-reactive ketones (excluding diaryl/α,β-unsaturated/α-hetero) is 2. The molecule has 0 N–H and O–H groups in total. The van der Waals surface area contributed by atoms with E-state index >= 15 is 0 Å². The number of benzene rings is 5. The van der Waals surface area contributed by atoms with Gasteiger partial charge in [-0.3, -0.25) is 0 Å².